The molecular weight excluding hydrogens is 446 g/mol. The first-order valence-electron chi connectivity index (χ1n) is 7.91. The predicted molar refractivity (Wildman–Crippen MR) is 104 cm³/mol. The maximum atomic E-state index is 12.2. The van der Waals surface area contributed by atoms with Crippen LogP contribution in [0, 0.1) is 6.92 Å². The van der Waals surface area contributed by atoms with Gasteiger partial charge in [0.1, 0.15) is 5.65 Å². The first-order valence-corrected chi connectivity index (χ1v) is 7.91. The monoisotopic (exact) mass is 469 g/mol. The highest BCUT2D eigenvalue weighted by Gasteiger charge is 2.26. The molecule has 0 radical (unpaired) electrons. The van der Waals surface area contributed by atoms with Crippen LogP contribution in [0.5, 0.6) is 0 Å². The van der Waals surface area contributed by atoms with Gasteiger partial charge in [0.15, 0.2) is 5.96 Å². The van der Waals surface area contributed by atoms with Crippen LogP contribution >= 0.6 is 24.0 Å². The van der Waals surface area contributed by atoms with Crippen LogP contribution < -0.4 is 10.6 Å². The van der Waals surface area contributed by atoms with Crippen molar-refractivity contribution in [3.05, 3.63) is 35.8 Å². The van der Waals surface area contributed by atoms with Gasteiger partial charge in [0.2, 0.25) is 0 Å². The molecule has 0 bridgehead atoms. The number of alkyl halides is 3. The maximum Gasteiger partial charge on any atom is 0.390 e. The molecule has 0 aliphatic rings. The molecule has 25 heavy (non-hydrogen) atoms. The molecule has 2 N–H and O–H groups in total. The summed E-state index contributed by atoms with van der Waals surface area (Å²) in [7, 11) is 0. The van der Waals surface area contributed by atoms with Crippen molar-refractivity contribution in [2.75, 3.05) is 19.6 Å². The Morgan fingerprint density at radius 3 is 2.72 bits per heavy atom. The van der Waals surface area contributed by atoms with E-state index in [2.05, 4.69) is 20.6 Å². The standard InChI is InChI=1S/C16H22F3N5.HI/c1-3-20-15(22-9-7-16(17,18)19)21-8-6-13-11-24-10-4-5-12(2)14(24)23-13;/h4-5,10-11H,3,6-9H2,1-2H3,(H2,20,21,22);1H. The van der Waals surface area contributed by atoms with Crippen LogP contribution in [0.2, 0.25) is 0 Å². The summed E-state index contributed by atoms with van der Waals surface area (Å²) in [5.74, 6) is 0.390. The lowest BCUT2D eigenvalue weighted by Gasteiger charge is -2.11. The molecule has 0 aliphatic carbocycles. The van der Waals surface area contributed by atoms with Crippen molar-refractivity contribution in [1.82, 2.24) is 20.0 Å². The van der Waals surface area contributed by atoms with Crippen molar-refractivity contribution < 1.29 is 13.2 Å². The zero-order chi connectivity index (χ0) is 17.6. The number of hydrogen-bond donors (Lipinski definition) is 2. The number of hydrogen-bond acceptors (Lipinski definition) is 2. The Hall–Kier alpha value is -1.52. The van der Waals surface area contributed by atoms with Crippen molar-refractivity contribution in [2.45, 2.75) is 32.9 Å². The Kier molecular flexibility index (Phi) is 8.46. The first-order chi connectivity index (χ1) is 11.4. The van der Waals surface area contributed by atoms with Crippen molar-refractivity contribution in [1.29, 1.82) is 0 Å². The van der Waals surface area contributed by atoms with Gasteiger partial charge < -0.3 is 15.0 Å². The highest BCUT2D eigenvalue weighted by atomic mass is 127. The number of pyridine rings is 1. The fraction of sp³-hybridized carbons (Fsp3) is 0.500. The quantitative estimate of drug-likeness (QED) is 0.388. The van der Waals surface area contributed by atoms with E-state index in [1.807, 2.05) is 42.8 Å². The van der Waals surface area contributed by atoms with Gasteiger partial charge in [-0.3, -0.25) is 4.99 Å². The molecule has 5 nitrogen and oxygen atoms in total. The van der Waals surface area contributed by atoms with Crippen molar-refractivity contribution in [3.63, 3.8) is 0 Å². The molecule has 0 spiro atoms. The van der Waals surface area contributed by atoms with Gasteiger partial charge in [0.05, 0.1) is 18.7 Å². The van der Waals surface area contributed by atoms with Crippen LogP contribution in [0.15, 0.2) is 29.5 Å². The Morgan fingerprint density at radius 1 is 1.32 bits per heavy atom. The zero-order valence-electron chi connectivity index (χ0n) is 14.2. The van der Waals surface area contributed by atoms with E-state index in [9.17, 15) is 13.2 Å². The van der Waals surface area contributed by atoms with Gasteiger partial charge in [0.25, 0.3) is 0 Å². The van der Waals surface area contributed by atoms with Gasteiger partial charge in [-0.2, -0.15) is 13.2 Å². The molecule has 2 heterocycles. The summed E-state index contributed by atoms with van der Waals surface area (Å²) in [4.78, 5) is 8.50. The fourth-order valence-electron chi connectivity index (χ4n) is 2.27. The molecule has 9 heteroatoms. The third kappa shape index (κ3) is 7.09. The van der Waals surface area contributed by atoms with Gasteiger partial charge in [-0.25, -0.2) is 4.98 Å². The number of aromatic nitrogens is 2. The number of halogens is 4. The molecule has 0 unspecified atom stereocenters. The van der Waals surface area contributed by atoms with E-state index in [4.69, 9.17) is 0 Å². The lowest BCUT2D eigenvalue weighted by molar-refractivity contribution is -0.132. The van der Waals surface area contributed by atoms with Crippen LogP contribution in [0.1, 0.15) is 24.6 Å². The van der Waals surface area contributed by atoms with Gasteiger partial charge >= 0.3 is 6.18 Å². The topological polar surface area (TPSA) is 53.7 Å². The van der Waals surface area contributed by atoms with Gasteiger partial charge in [-0.05, 0) is 25.5 Å². The largest absolute Gasteiger partial charge is 0.390 e. The maximum absolute atomic E-state index is 12.2. The highest BCUT2D eigenvalue weighted by molar-refractivity contribution is 14.0. The van der Waals surface area contributed by atoms with E-state index in [0.29, 0.717) is 25.5 Å². The molecule has 0 fully saturated rings. The molecule has 0 amide bonds. The van der Waals surface area contributed by atoms with Crippen molar-refractivity contribution in [2.24, 2.45) is 4.99 Å². The average Bonchev–Trinajstić information content (AvgIpc) is 2.90. The van der Waals surface area contributed by atoms with Gasteiger partial charge in [0, 0.05) is 31.9 Å². The highest BCUT2D eigenvalue weighted by Crippen LogP contribution is 2.18. The molecule has 0 saturated carbocycles. The Bertz CT molecular complexity index is 697. The number of imidazole rings is 1. The summed E-state index contributed by atoms with van der Waals surface area (Å²) in [5.41, 5.74) is 2.93. The molecular formula is C16H23F3IN5. The summed E-state index contributed by atoms with van der Waals surface area (Å²) in [6.07, 6.45) is -0.554. The second-order valence-electron chi connectivity index (χ2n) is 5.46. The summed E-state index contributed by atoms with van der Waals surface area (Å²) in [6.45, 7) is 4.71. The third-order valence-electron chi connectivity index (χ3n) is 3.41. The molecule has 2 aromatic heterocycles. The Balaban J connectivity index is 0.00000312. The van der Waals surface area contributed by atoms with E-state index in [1.54, 1.807) is 0 Å². The smallest absolute Gasteiger partial charge is 0.357 e. The number of nitrogens with one attached hydrogen (secondary N) is 2. The SMILES string of the molecule is CCNC(=NCCC(F)(F)F)NCCc1cn2cccc(C)c2n1.I. The number of guanidine groups is 1. The molecule has 0 aliphatic heterocycles. The molecule has 2 rings (SSSR count). The lowest BCUT2D eigenvalue weighted by atomic mass is 10.3. The van der Waals surface area contributed by atoms with E-state index in [1.165, 1.54) is 0 Å². The molecule has 0 saturated heterocycles. The summed E-state index contributed by atoms with van der Waals surface area (Å²) in [6, 6.07) is 3.96. The lowest BCUT2D eigenvalue weighted by Crippen LogP contribution is -2.38. The second-order valence-corrected chi connectivity index (χ2v) is 5.46. The van der Waals surface area contributed by atoms with E-state index >= 15 is 0 Å². The minimum Gasteiger partial charge on any atom is -0.357 e. The predicted octanol–water partition coefficient (Wildman–Crippen LogP) is 3.31. The summed E-state index contributed by atoms with van der Waals surface area (Å²) in [5, 5.41) is 5.97. The number of nitrogens with zero attached hydrogens (tertiary/aromatic N) is 3. The summed E-state index contributed by atoms with van der Waals surface area (Å²) < 4.78 is 38.5. The van der Waals surface area contributed by atoms with Crippen molar-refractivity contribution >= 4 is 35.6 Å². The normalized spacial score (nSPS) is 12.1. The van der Waals surface area contributed by atoms with Crippen LogP contribution in [0.25, 0.3) is 5.65 Å². The molecule has 0 atom stereocenters. The second kappa shape index (κ2) is 9.83. The average molecular weight is 469 g/mol. The number of rotatable bonds is 6. The molecule has 2 aromatic rings. The summed E-state index contributed by atoms with van der Waals surface area (Å²) >= 11 is 0. The molecule has 0 aromatic carbocycles. The minimum atomic E-state index is -4.19. The van der Waals surface area contributed by atoms with Crippen LogP contribution in [-0.2, 0) is 6.42 Å². The van der Waals surface area contributed by atoms with Gasteiger partial charge in [-0.15, -0.1) is 24.0 Å². The van der Waals surface area contributed by atoms with E-state index in [0.717, 1.165) is 16.9 Å². The van der Waals surface area contributed by atoms with Crippen LogP contribution in [0.4, 0.5) is 13.2 Å². The Morgan fingerprint density at radius 2 is 2.08 bits per heavy atom. The number of aryl methyl sites for hydroxylation is 1. The minimum absolute atomic E-state index is 0. The van der Waals surface area contributed by atoms with E-state index in [-0.39, 0.29) is 30.5 Å². The van der Waals surface area contributed by atoms with E-state index < -0.39 is 12.6 Å². The fourth-order valence-corrected chi connectivity index (χ4v) is 2.27. The number of fused-ring (bicyclic) bond motifs is 1. The third-order valence-corrected chi connectivity index (χ3v) is 3.41. The van der Waals surface area contributed by atoms with Crippen molar-refractivity contribution in [3.8, 4) is 0 Å². The van der Waals surface area contributed by atoms with Crippen LogP contribution in [0.3, 0.4) is 0 Å². The first kappa shape index (κ1) is 21.5. The van der Waals surface area contributed by atoms with Crippen LogP contribution in [-0.4, -0.2) is 41.2 Å². The van der Waals surface area contributed by atoms with Gasteiger partial charge in [-0.1, -0.05) is 6.07 Å². The number of aliphatic imine (C=N–C) groups is 1. The zero-order valence-corrected chi connectivity index (χ0v) is 16.6. The Labute approximate surface area is 162 Å². The molecule has 140 valence electrons.